The number of halogens is 2. The minimum absolute atomic E-state index is 0.00688. The van der Waals surface area contributed by atoms with E-state index in [0.29, 0.717) is 17.0 Å². The molecule has 2 aromatic rings. The Morgan fingerprint density at radius 1 is 1.32 bits per heavy atom. The lowest BCUT2D eigenvalue weighted by Gasteiger charge is -2.31. The fourth-order valence-corrected chi connectivity index (χ4v) is 3.81. The number of aromatic nitrogens is 1. The SMILES string of the molecule is CC(C)(C)OC(=O)NCc1cc(-c2ccc(F)c(Cl)c2)nc(C(CN)(CO)C2CC2)c1. The summed E-state index contributed by atoms with van der Waals surface area (Å²) in [5.41, 5.74) is 7.44. The maximum absolute atomic E-state index is 13.7. The molecule has 1 atom stereocenters. The van der Waals surface area contributed by atoms with Gasteiger partial charge >= 0.3 is 6.09 Å². The molecule has 1 aliphatic carbocycles. The first-order valence-corrected chi connectivity index (χ1v) is 10.7. The second kappa shape index (κ2) is 9.10. The highest BCUT2D eigenvalue weighted by atomic mass is 35.5. The predicted molar refractivity (Wildman–Crippen MR) is 118 cm³/mol. The first kappa shape index (κ1) is 23.4. The first-order valence-electron chi connectivity index (χ1n) is 10.3. The van der Waals surface area contributed by atoms with Crippen molar-refractivity contribution in [3.8, 4) is 11.3 Å². The highest BCUT2D eigenvalue weighted by Gasteiger charge is 2.46. The van der Waals surface area contributed by atoms with Gasteiger partial charge < -0.3 is 20.9 Å². The van der Waals surface area contributed by atoms with Crippen molar-refractivity contribution >= 4 is 17.7 Å². The molecule has 1 heterocycles. The number of nitrogens with two attached hydrogens (primary N) is 1. The molecule has 0 saturated heterocycles. The van der Waals surface area contributed by atoms with Gasteiger partial charge in [0.1, 0.15) is 11.4 Å². The van der Waals surface area contributed by atoms with Crippen molar-refractivity contribution < 1.29 is 19.0 Å². The first-order chi connectivity index (χ1) is 14.6. The van der Waals surface area contributed by atoms with Crippen LogP contribution in [0.4, 0.5) is 9.18 Å². The lowest BCUT2D eigenvalue weighted by atomic mass is 9.79. The van der Waals surface area contributed by atoms with Gasteiger partial charge in [0.25, 0.3) is 0 Å². The molecule has 0 aliphatic heterocycles. The van der Waals surface area contributed by atoms with E-state index in [1.165, 1.54) is 12.1 Å². The van der Waals surface area contributed by atoms with Crippen molar-refractivity contribution in [2.45, 2.75) is 51.2 Å². The van der Waals surface area contributed by atoms with Crippen LogP contribution in [0.3, 0.4) is 0 Å². The standard InChI is InChI=1S/C23H29ClFN3O3/c1-22(2,3)31-21(30)27-11-14-8-19(15-4-7-18(25)17(24)10-15)28-20(9-14)23(12-26,13-29)16-5-6-16/h4,7-10,16,29H,5-6,11-13,26H2,1-3H3,(H,27,30). The van der Waals surface area contributed by atoms with E-state index in [1.54, 1.807) is 32.9 Å². The van der Waals surface area contributed by atoms with E-state index in [9.17, 15) is 14.3 Å². The Hall–Kier alpha value is -2.22. The Kier molecular flexibility index (Phi) is 6.88. The number of nitrogens with zero attached hydrogens (tertiary/aromatic N) is 1. The summed E-state index contributed by atoms with van der Waals surface area (Å²) >= 11 is 5.98. The van der Waals surface area contributed by atoms with Gasteiger partial charge in [0.15, 0.2) is 0 Å². The second-order valence-electron chi connectivity index (χ2n) is 9.02. The molecule has 1 unspecified atom stereocenters. The number of hydrogen-bond acceptors (Lipinski definition) is 5. The van der Waals surface area contributed by atoms with Crippen LogP contribution < -0.4 is 11.1 Å². The van der Waals surface area contributed by atoms with Crippen molar-refractivity contribution in [3.63, 3.8) is 0 Å². The summed E-state index contributed by atoms with van der Waals surface area (Å²) in [4.78, 5) is 16.9. The fraction of sp³-hybridized carbons (Fsp3) is 0.478. The van der Waals surface area contributed by atoms with E-state index in [-0.39, 0.29) is 30.6 Å². The molecule has 0 radical (unpaired) electrons. The number of pyridine rings is 1. The van der Waals surface area contributed by atoms with E-state index >= 15 is 0 Å². The second-order valence-corrected chi connectivity index (χ2v) is 9.43. The lowest BCUT2D eigenvalue weighted by Crippen LogP contribution is -2.42. The predicted octanol–water partition coefficient (Wildman–Crippen LogP) is 4.16. The molecular formula is C23H29ClFN3O3. The molecule has 1 aromatic carbocycles. The van der Waals surface area contributed by atoms with Gasteiger partial charge in [-0.2, -0.15) is 0 Å². The molecule has 0 spiro atoms. The van der Waals surface area contributed by atoms with Gasteiger partial charge in [-0.25, -0.2) is 9.18 Å². The molecule has 0 bridgehead atoms. The monoisotopic (exact) mass is 449 g/mol. The number of nitrogens with one attached hydrogen (secondary N) is 1. The number of benzene rings is 1. The summed E-state index contributed by atoms with van der Waals surface area (Å²) in [5.74, 6) is -0.272. The van der Waals surface area contributed by atoms with Gasteiger partial charge in [-0.3, -0.25) is 4.98 Å². The third kappa shape index (κ3) is 5.53. The number of amides is 1. The highest BCUT2D eigenvalue weighted by Crippen LogP contribution is 2.46. The maximum atomic E-state index is 13.7. The summed E-state index contributed by atoms with van der Waals surface area (Å²) in [7, 11) is 0. The van der Waals surface area contributed by atoms with Crippen LogP contribution in [0.2, 0.25) is 5.02 Å². The molecule has 1 amide bonds. The zero-order valence-corrected chi connectivity index (χ0v) is 18.8. The van der Waals surface area contributed by atoms with Crippen molar-refractivity contribution in [2.75, 3.05) is 13.2 Å². The molecule has 1 fully saturated rings. The zero-order valence-electron chi connectivity index (χ0n) is 18.0. The third-order valence-electron chi connectivity index (χ3n) is 5.45. The van der Waals surface area contributed by atoms with E-state index in [0.717, 1.165) is 18.4 Å². The number of rotatable bonds is 7. The molecule has 1 saturated carbocycles. The Labute approximate surface area is 187 Å². The van der Waals surface area contributed by atoms with Crippen LogP contribution in [0.25, 0.3) is 11.3 Å². The fourth-order valence-electron chi connectivity index (χ4n) is 3.63. The van der Waals surface area contributed by atoms with Crippen molar-refractivity contribution in [3.05, 3.63) is 52.4 Å². The number of alkyl carbamates (subject to hydrolysis) is 1. The van der Waals surface area contributed by atoms with Gasteiger partial charge in [0, 0.05) is 18.7 Å². The maximum Gasteiger partial charge on any atom is 0.407 e. The summed E-state index contributed by atoms with van der Waals surface area (Å²) in [6.45, 7) is 5.69. The topological polar surface area (TPSA) is 97.5 Å². The average Bonchev–Trinajstić information content (AvgIpc) is 3.54. The molecule has 8 heteroatoms. The van der Waals surface area contributed by atoms with Crippen LogP contribution >= 0.6 is 11.6 Å². The van der Waals surface area contributed by atoms with Crippen molar-refractivity contribution in [1.82, 2.24) is 10.3 Å². The Morgan fingerprint density at radius 3 is 2.58 bits per heavy atom. The molecule has 4 N–H and O–H groups in total. The summed E-state index contributed by atoms with van der Waals surface area (Å²) in [6.07, 6.45) is 1.40. The smallest absolute Gasteiger partial charge is 0.407 e. The highest BCUT2D eigenvalue weighted by molar-refractivity contribution is 6.31. The van der Waals surface area contributed by atoms with Crippen molar-refractivity contribution in [1.29, 1.82) is 0 Å². The average molecular weight is 450 g/mol. The van der Waals surface area contributed by atoms with E-state index < -0.39 is 22.9 Å². The zero-order chi connectivity index (χ0) is 22.8. The molecule has 31 heavy (non-hydrogen) atoms. The largest absolute Gasteiger partial charge is 0.444 e. The minimum Gasteiger partial charge on any atom is -0.444 e. The van der Waals surface area contributed by atoms with E-state index in [2.05, 4.69) is 5.32 Å². The van der Waals surface area contributed by atoms with Gasteiger partial charge in [-0.15, -0.1) is 0 Å². The summed E-state index contributed by atoms with van der Waals surface area (Å²) in [6, 6.07) is 8.05. The van der Waals surface area contributed by atoms with E-state index in [1.807, 2.05) is 6.07 Å². The van der Waals surface area contributed by atoms with Crippen LogP contribution in [-0.4, -0.2) is 34.9 Å². The molecule has 168 valence electrons. The van der Waals surface area contributed by atoms with Gasteiger partial charge in [0.2, 0.25) is 0 Å². The van der Waals surface area contributed by atoms with Crippen LogP contribution in [0.15, 0.2) is 30.3 Å². The van der Waals surface area contributed by atoms with Gasteiger partial charge in [-0.05, 0) is 75.4 Å². The number of ether oxygens (including phenoxy) is 1. The Bertz CT molecular complexity index is 954. The van der Waals surface area contributed by atoms with Crippen LogP contribution in [0, 0.1) is 11.7 Å². The number of carbonyl (C=O) groups excluding carboxylic acids is 1. The summed E-state index contributed by atoms with van der Waals surface area (Å²) < 4.78 is 19.0. The van der Waals surface area contributed by atoms with Gasteiger partial charge in [0.05, 0.1) is 28.4 Å². The van der Waals surface area contributed by atoms with Crippen molar-refractivity contribution in [2.24, 2.45) is 11.7 Å². The molecule has 1 aliphatic rings. The number of aliphatic hydroxyl groups is 1. The van der Waals surface area contributed by atoms with Gasteiger partial charge in [-0.1, -0.05) is 11.6 Å². The third-order valence-corrected chi connectivity index (χ3v) is 5.74. The number of carbonyl (C=O) groups is 1. The van der Waals surface area contributed by atoms with E-state index in [4.69, 9.17) is 27.1 Å². The van der Waals surface area contributed by atoms with Crippen LogP contribution in [-0.2, 0) is 16.7 Å². The summed E-state index contributed by atoms with van der Waals surface area (Å²) in [5, 5.41) is 13.0. The normalized spacial score (nSPS) is 16.0. The number of aliphatic hydroxyl groups excluding tert-OH is 1. The molecular weight excluding hydrogens is 421 g/mol. The van der Waals surface area contributed by atoms with Crippen LogP contribution in [0.5, 0.6) is 0 Å². The molecule has 6 nitrogen and oxygen atoms in total. The quantitative estimate of drug-likeness (QED) is 0.589. The Morgan fingerprint density at radius 2 is 2.03 bits per heavy atom. The minimum atomic E-state index is -0.666. The molecule has 3 rings (SSSR count). The Balaban J connectivity index is 1.99. The van der Waals surface area contributed by atoms with Crippen LogP contribution in [0.1, 0.15) is 44.9 Å². The molecule has 1 aromatic heterocycles. The number of hydrogen-bond donors (Lipinski definition) is 3. The lowest BCUT2D eigenvalue weighted by molar-refractivity contribution is 0.0523.